The van der Waals surface area contributed by atoms with Gasteiger partial charge in [0, 0.05) is 56.4 Å². The van der Waals surface area contributed by atoms with Crippen molar-refractivity contribution in [1.29, 1.82) is 0 Å². The molecule has 0 unspecified atom stereocenters. The van der Waals surface area contributed by atoms with Gasteiger partial charge in [0.15, 0.2) is 0 Å². The maximum atomic E-state index is 2.72. The number of benzene rings is 18. The van der Waals surface area contributed by atoms with Gasteiger partial charge in [0.1, 0.15) is 0 Å². The minimum Gasteiger partial charge on any atom is -0.310 e. The van der Waals surface area contributed by atoms with Gasteiger partial charge in [-0.1, -0.05) is 357 Å². The summed E-state index contributed by atoms with van der Waals surface area (Å²) in [5, 5.41) is 7.59. The zero-order valence-corrected chi connectivity index (χ0v) is 63.9. The third-order valence-corrected chi connectivity index (χ3v) is 23.5. The Morgan fingerprint density at radius 1 is 0.232 bits per heavy atom. The van der Waals surface area contributed by atoms with E-state index in [4.69, 9.17) is 0 Å². The molecule has 2 aliphatic rings. The summed E-state index contributed by atoms with van der Waals surface area (Å²) in [6, 6.07) is 147. The van der Waals surface area contributed by atoms with Crippen molar-refractivity contribution >= 4 is 107 Å². The van der Waals surface area contributed by atoms with Crippen molar-refractivity contribution in [2.75, 3.05) is 14.7 Å². The molecule has 0 bridgehead atoms. The number of hydrogen-bond donors (Lipinski definition) is 0. The zero-order valence-electron chi connectivity index (χ0n) is 63.9. The first-order valence-electron chi connectivity index (χ1n) is 39.3. The van der Waals surface area contributed by atoms with Crippen LogP contribution >= 0.6 is 0 Å². The van der Waals surface area contributed by atoms with E-state index in [1.165, 1.54) is 76.5 Å². The second kappa shape index (κ2) is 27.2. The molecule has 0 atom stereocenters. The monoisotopic (exact) mass is 1430 g/mol. The van der Waals surface area contributed by atoms with E-state index in [-0.39, 0.29) is 17.5 Å². The van der Waals surface area contributed by atoms with Crippen molar-refractivity contribution in [3.05, 3.63) is 399 Å². The van der Waals surface area contributed by atoms with Gasteiger partial charge in [-0.25, -0.2) is 0 Å². The highest BCUT2D eigenvalue weighted by molar-refractivity contribution is 7.00. The van der Waals surface area contributed by atoms with Gasteiger partial charge in [-0.05, 0) is 210 Å². The number of fused-ring (bicyclic) bond motifs is 4. The quantitative estimate of drug-likeness (QED) is 0.0841. The van der Waals surface area contributed by atoms with Crippen molar-refractivity contribution in [1.82, 2.24) is 0 Å². The highest BCUT2D eigenvalue weighted by Gasteiger charge is 2.47. The molecule has 18 aromatic carbocycles. The van der Waals surface area contributed by atoms with Crippen molar-refractivity contribution in [3.63, 3.8) is 0 Å². The third kappa shape index (κ3) is 11.8. The van der Waals surface area contributed by atoms with Crippen molar-refractivity contribution in [2.45, 2.75) is 52.4 Å². The molecule has 0 spiro atoms. The Labute approximate surface area is 657 Å². The lowest BCUT2D eigenvalue weighted by molar-refractivity contribution is 0.590. The van der Waals surface area contributed by atoms with E-state index in [9.17, 15) is 0 Å². The van der Waals surface area contributed by atoms with Crippen LogP contribution in [0.3, 0.4) is 0 Å². The van der Waals surface area contributed by atoms with Crippen molar-refractivity contribution < 1.29 is 0 Å². The van der Waals surface area contributed by atoms with Gasteiger partial charge < -0.3 is 14.7 Å². The number of nitrogens with zero attached hydrogens (tertiary/aromatic N) is 3. The van der Waals surface area contributed by atoms with Crippen LogP contribution in [0.15, 0.2) is 388 Å². The van der Waals surface area contributed by atoms with Gasteiger partial charge in [0.25, 0.3) is 6.71 Å². The first-order chi connectivity index (χ1) is 54.8. The summed E-state index contributed by atoms with van der Waals surface area (Å²) < 4.78 is 0. The Bertz CT molecular complexity index is 6350. The van der Waals surface area contributed by atoms with Crippen LogP contribution in [-0.2, 0) is 10.8 Å². The normalized spacial score (nSPS) is 12.5. The van der Waals surface area contributed by atoms with Crippen LogP contribution in [0.2, 0.25) is 0 Å². The van der Waals surface area contributed by atoms with Crippen LogP contribution in [0.4, 0.5) is 51.2 Å². The summed E-state index contributed by atoms with van der Waals surface area (Å²) in [5.41, 5.74) is 33.8. The SMILES string of the molecule is CC(C)(C)c1cc(-c2ccccc2)c(N2c3ccc(-c4ccccc4)cc3B3c4cc(-c5ccc6ccc7cccc8ccc5c6c78)ccc4N(c4c(-c5ccccc5)cc(C(C)(C)C)cc4-c4ccccc4)c4cc(N(c5ccc(-c6ccccc6)cc5)c5ccc(-c6ccccc6)cc5)cc2c43)c(-c2ccccc2)c1. The Kier molecular flexibility index (Phi) is 16.5. The maximum Gasteiger partial charge on any atom is 0.252 e. The van der Waals surface area contributed by atoms with Crippen LogP contribution in [-0.4, -0.2) is 6.71 Å². The molecular formula is C108H82BN3. The Morgan fingerprint density at radius 3 is 0.946 bits per heavy atom. The van der Waals surface area contributed by atoms with E-state index >= 15 is 0 Å². The van der Waals surface area contributed by atoms with Gasteiger partial charge >= 0.3 is 0 Å². The third-order valence-electron chi connectivity index (χ3n) is 23.5. The van der Waals surface area contributed by atoms with Crippen molar-refractivity contribution in [3.8, 4) is 89.0 Å². The molecule has 2 aliphatic heterocycles. The van der Waals surface area contributed by atoms with Crippen LogP contribution in [0.5, 0.6) is 0 Å². The molecule has 3 nitrogen and oxygen atoms in total. The van der Waals surface area contributed by atoms with Crippen LogP contribution in [0.25, 0.3) is 121 Å². The molecule has 0 fully saturated rings. The first kappa shape index (κ1) is 67.8. The smallest absolute Gasteiger partial charge is 0.252 e. The number of hydrogen-bond acceptors (Lipinski definition) is 3. The second-order valence-electron chi connectivity index (χ2n) is 32.3. The van der Waals surface area contributed by atoms with Gasteiger partial charge in [-0.2, -0.15) is 0 Å². The predicted octanol–water partition coefficient (Wildman–Crippen LogP) is 28.1. The van der Waals surface area contributed by atoms with Crippen molar-refractivity contribution in [2.24, 2.45) is 0 Å². The molecule has 0 aliphatic carbocycles. The minimum absolute atomic E-state index is 0.223. The van der Waals surface area contributed by atoms with E-state index in [1.807, 2.05) is 0 Å². The van der Waals surface area contributed by atoms with E-state index in [0.29, 0.717) is 0 Å². The summed E-state index contributed by atoms with van der Waals surface area (Å²) in [4.78, 5) is 7.95. The first-order valence-corrected chi connectivity index (χ1v) is 39.3. The molecule has 0 saturated heterocycles. The highest BCUT2D eigenvalue weighted by Crippen LogP contribution is 2.57. The van der Waals surface area contributed by atoms with E-state index < -0.39 is 0 Å². The average molecular weight is 1430 g/mol. The Hall–Kier alpha value is -13.5. The van der Waals surface area contributed by atoms with E-state index in [2.05, 4.69) is 444 Å². The summed E-state index contributed by atoms with van der Waals surface area (Å²) in [5.74, 6) is 0. The standard InChI is InChI=1S/C108H82BN3/c1-107(2,3)85-65-92(76-35-20-10-21-36-76)105(93(66-85)77-37-22-11-23-38-77)111-98-61-53-83(73-33-18-9-19-34-73)63-96(98)109-97-64-84(90-59-51-82-46-45-80-43-28-44-81-52-60-91(90)103(82)102(80)81)54-62-99(97)112(106-94(78-39-24-12-25-40-78)67-86(108(4,5)6)68-95(106)79-41-26-13-27-42-79)101-70-89(69-100(111)104(101)109)110(87-55-47-74(48-56-87)71-29-14-7-15-30-71)88-57-49-75(50-58-88)72-31-16-8-17-32-72/h7-70H,1-6H3. The molecule has 0 N–H and O–H groups in total. The minimum atomic E-state index is -0.327. The predicted molar refractivity (Wildman–Crippen MR) is 480 cm³/mol. The summed E-state index contributed by atoms with van der Waals surface area (Å²) in [6.07, 6.45) is 0. The molecule has 18 aromatic rings. The molecule has 0 aromatic heterocycles. The molecule has 2 heterocycles. The molecule has 532 valence electrons. The topological polar surface area (TPSA) is 9.72 Å². The Balaban J connectivity index is 0.977. The fourth-order valence-electron chi connectivity index (χ4n) is 17.8. The van der Waals surface area contributed by atoms with Crippen LogP contribution < -0.4 is 31.1 Å². The van der Waals surface area contributed by atoms with E-state index in [0.717, 1.165) is 124 Å². The van der Waals surface area contributed by atoms with Gasteiger partial charge in [-0.3, -0.25) is 0 Å². The highest BCUT2D eigenvalue weighted by atomic mass is 15.2. The van der Waals surface area contributed by atoms with Gasteiger partial charge in [-0.15, -0.1) is 0 Å². The molecule has 112 heavy (non-hydrogen) atoms. The fraction of sp³-hybridized carbons (Fsp3) is 0.0741. The van der Waals surface area contributed by atoms with Gasteiger partial charge in [0.05, 0.1) is 17.1 Å². The largest absolute Gasteiger partial charge is 0.310 e. The summed E-state index contributed by atoms with van der Waals surface area (Å²) in [6.45, 7) is 13.8. The summed E-state index contributed by atoms with van der Waals surface area (Å²) >= 11 is 0. The van der Waals surface area contributed by atoms with Gasteiger partial charge in [0.2, 0.25) is 0 Å². The average Bonchev–Trinajstić information content (AvgIpc) is 0.684. The maximum absolute atomic E-state index is 2.72. The molecule has 0 radical (unpaired) electrons. The fourth-order valence-corrected chi connectivity index (χ4v) is 17.8. The van der Waals surface area contributed by atoms with Crippen LogP contribution in [0.1, 0.15) is 52.7 Å². The molecule has 0 amide bonds. The lowest BCUT2D eigenvalue weighted by atomic mass is 9.33. The van der Waals surface area contributed by atoms with E-state index in [1.54, 1.807) is 0 Å². The number of anilines is 9. The zero-order chi connectivity index (χ0) is 75.3. The number of rotatable bonds is 13. The molecule has 0 saturated carbocycles. The lowest BCUT2D eigenvalue weighted by Gasteiger charge is -2.46. The van der Waals surface area contributed by atoms with Crippen LogP contribution in [0, 0.1) is 0 Å². The molecule has 4 heteroatoms. The molecular weight excluding hydrogens is 1350 g/mol. The lowest BCUT2D eigenvalue weighted by Crippen LogP contribution is -2.61. The Morgan fingerprint density at radius 2 is 0.554 bits per heavy atom. The summed E-state index contributed by atoms with van der Waals surface area (Å²) in [7, 11) is 0. The molecule has 20 rings (SSSR count). The second-order valence-corrected chi connectivity index (χ2v) is 32.3.